The number of amides is 1. The zero-order valence-electron chi connectivity index (χ0n) is 43.3. The highest BCUT2D eigenvalue weighted by Gasteiger charge is 2.44. The van der Waals surface area contributed by atoms with Crippen LogP contribution in [0.4, 0.5) is 0 Å². The summed E-state index contributed by atoms with van der Waals surface area (Å²) in [5.41, 5.74) is 0. The smallest absolute Gasteiger partial charge is 0.305 e. The normalized spacial score (nSPS) is 19.8. The fourth-order valence-corrected chi connectivity index (χ4v) is 8.38. The van der Waals surface area contributed by atoms with Crippen LogP contribution in [-0.2, 0) is 23.8 Å². The summed E-state index contributed by atoms with van der Waals surface area (Å²) in [5, 5.41) is 54.1. The van der Waals surface area contributed by atoms with Crippen LogP contribution >= 0.6 is 0 Å². The van der Waals surface area contributed by atoms with E-state index in [0.29, 0.717) is 19.4 Å². The Morgan fingerprint density at radius 3 is 1.49 bits per heavy atom. The van der Waals surface area contributed by atoms with Crippen molar-refractivity contribution in [3.63, 3.8) is 0 Å². The number of carbonyl (C=O) groups is 2. The van der Waals surface area contributed by atoms with E-state index in [4.69, 9.17) is 14.2 Å². The van der Waals surface area contributed by atoms with Gasteiger partial charge in [0.05, 0.1) is 32.0 Å². The average molecular weight is 962 g/mol. The van der Waals surface area contributed by atoms with Gasteiger partial charge in [0.15, 0.2) is 6.29 Å². The van der Waals surface area contributed by atoms with Gasteiger partial charge in [0.1, 0.15) is 24.4 Å². The predicted octanol–water partition coefficient (Wildman–Crippen LogP) is 12.1. The van der Waals surface area contributed by atoms with Gasteiger partial charge in [-0.2, -0.15) is 0 Å². The Labute approximate surface area is 415 Å². The lowest BCUT2D eigenvalue weighted by atomic mass is 9.99. The van der Waals surface area contributed by atoms with E-state index in [1.165, 1.54) is 122 Å². The molecule has 11 nitrogen and oxygen atoms in total. The van der Waals surface area contributed by atoms with Gasteiger partial charge in [0.2, 0.25) is 5.91 Å². The molecule has 1 amide bonds. The highest BCUT2D eigenvalue weighted by molar-refractivity contribution is 5.76. The van der Waals surface area contributed by atoms with Gasteiger partial charge in [0.25, 0.3) is 0 Å². The molecule has 11 heteroatoms. The summed E-state index contributed by atoms with van der Waals surface area (Å²) in [6, 6.07) is -0.837. The van der Waals surface area contributed by atoms with E-state index < -0.39 is 49.5 Å². The number of hydrogen-bond donors (Lipinski definition) is 6. The van der Waals surface area contributed by atoms with Crippen LogP contribution in [0.1, 0.15) is 239 Å². The first-order valence-corrected chi connectivity index (χ1v) is 27.9. The Morgan fingerprint density at radius 2 is 0.956 bits per heavy atom. The van der Waals surface area contributed by atoms with E-state index in [-0.39, 0.29) is 18.5 Å². The molecule has 1 fully saturated rings. The lowest BCUT2D eigenvalue weighted by Gasteiger charge is -2.40. The number of aliphatic hydroxyl groups is 5. The Kier molecular flexibility index (Phi) is 44.0. The van der Waals surface area contributed by atoms with Crippen molar-refractivity contribution >= 4 is 11.9 Å². The highest BCUT2D eigenvalue weighted by Crippen LogP contribution is 2.23. The molecular weight excluding hydrogens is 859 g/mol. The maximum atomic E-state index is 13.0. The molecular formula is C57H103NO10. The molecule has 0 saturated carbocycles. The number of unbranched alkanes of at least 4 members (excludes halogenated alkanes) is 27. The maximum Gasteiger partial charge on any atom is 0.305 e. The fourth-order valence-electron chi connectivity index (χ4n) is 8.38. The Hall–Kier alpha value is -2.38. The third kappa shape index (κ3) is 36.5. The van der Waals surface area contributed by atoms with Gasteiger partial charge in [-0.3, -0.25) is 9.59 Å². The summed E-state index contributed by atoms with van der Waals surface area (Å²) < 4.78 is 16.6. The van der Waals surface area contributed by atoms with Crippen molar-refractivity contribution in [2.75, 3.05) is 19.8 Å². The van der Waals surface area contributed by atoms with Crippen molar-refractivity contribution in [3.05, 3.63) is 48.6 Å². The number of aliphatic hydroxyl groups excluding tert-OH is 5. The van der Waals surface area contributed by atoms with Crippen LogP contribution in [0.2, 0.25) is 0 Å². The Bertz CT molecular complexity index is 1270. The zero-order valence-corrected chi connectivity index (χ0v) is 43.3. The van der Waals surface area contributed by atoms with Crippen molar-refractivity contribution in [3.8, 4) is 0 Å². The molecule has 0 spiro atoms. The number of esters is 1. The van der Waals surface area contributed by atoms with E-state index in [9.17, 15) is 35.1 Å². The van der Waals surface area contributed by atoms with Crippen molar-refractivity contribution in [1.29, 1.82) is 0 Å². The van der Waals surface area contributed by atoms with Gasteiger partial charge in [-0.05, 0) is 96.3 Å². The summed E-state index contributed by atoms with van der Waals surface area (Å²) in [7, 11) is 0. The highest BCUT2D eigenvalue weighted by atomic mass is 16.7. The van der Waals surface area contributed by atoms with Crippen LogP contribution in [0.5, 0.6) is 0 Å². The molecule has 68 heavy (non-hydrogen) atoms. The van der Waals surface area contributed by atoms with Gasteiger partial charge in [-0.15, -0.1) is 0 Å². The molecule has 0 bridgehead atoms. The zero-order chi connectivity index (χ0) is 49.6. The summed E-state index contributed by atoms with van der Waals surface area (Å²) in [6.07, 6.45) is 47.8. The minimum atomic E-state index is -1.58. The molecule has 0 aromatic heterocycles. The Morgan fingerprint density at radius 1 is 0.529 bits per heavy atom. The first-order chi connectivity index (χ1) is 33.2. The molecule has 0 radical (unpaired) electrons. The summed E-state index contributed by atoms with van der Waals surface area (Å²) in [4.78, 5) is 25.0. The second-order valence-electron chi connectivity index (χ2n) is 19.3. The fraction of sp³-hybridized carbons (Fsp3) is 0.825. The van der Waals surface area contributed by atoms with E-state index in [1.807, 2.05) is 6.08 Å². The molecule has 1 aliphatic rings. The molecule has 0 aromatic rings. The van der Waals surface area contributed by atoms with Crippen molar-refractivity contribution < 1.29 is 49.3 Å². The number of hydrogen-bond acceptors (Lipinski definition) is 10. The molecule has 0 aromatic carbocycles. The van der Waals surface area contributed by atoms with Crippen molar-refractivity contribution in [2.24, 2.45) is 0 Å². The minimum absolute atomic E-state index is 0.0237. The van der Waals surface area contributed by atoms with E-state index in [0.717, 1.165) is 89.9 Å². The third-order valence-corrected chi connectivity index (χ3v) is 12.9. The number of allylic oxidation sites excluding steroid dienone is 7. The monoisotopic (exact) mass is 962 g/mol. The average Bonchev–Trinajstić information content (AvgIpc) is 3.33. The first-order valence-electron chi connectivity index (χ1n) is 27.9. The number of nitrogens with one attached hydrogen (secondary N) is 1. The summed E-state index contributed by atoms with van der Waals surface area (Å²) >= 11 is 0. The van der Waals surface area contributed by atoms with Gasteiger partial charge >= 0.3 is 5.97 Å². The maximum absolute atomic E-state index is 13.0. The number of rotatable bonds is 47. The van der Waals surface area contributed by atoms with Gasteiger partial charge < -0.3 is 45.1 Å². The van der Waals surface area contributed by atoms with Crippen molar-refractivity contribution in [2.45, 2.75) is 281 Å². The topological polar surface area (TPSA) is 175 Å². The quantitative estimate of drug-likeness (QED) is 0.0196. The molecule has 1 aliphatic heterocycles. The van der Waals surface area contributed by atoms with Crippen LogP contribution in [0.3, 0.4) is 0 Å². The lowest BCUT2D eigenvalue weighted by molar-refractivity contribution is -0.302. The molecule has 6 N–H and O–H groups in total. The van der Waals surface area contributed by atoms with Crippen molar-refractivity contribution in [1.82, 2.24) is 5.32 Å². The second-order valence-corrected chi connectivity index (χ2v) is 19.3. The summed E-state index contributed by atoms with van der Waals surface area (Å²) in [5.74, 6) is -0.234. The molecule has 1 saturated heterocycles. The van der Waals surface area contributed by atoms with Gasteiger partial charge in [-0.1, -0.05) is 178 Å². The molecule has 1 heterocycles. The van der Waals surface area contributed by atoms with Crippen LogP contribution in [0, 0.1) is 0 Å². The van der Waals surface area contributed by atoms with Gasteiger partial charge in [-0.25, -0.2) is 0 Å². The van der Waals surface area contributed by atoms with E-state index in [2.05, 4.69) is 55.6 Å². The largest absolute Gasteiger partial charge is 0.466 e. The number of carbonyl (C=O) groups excluding carboxylic acids is 2. The van der Waals surface area contributed by atoms with Crippen LogP contribution < -0.4 is 5.32 Å². The molecule has 396 valence electrons. The van der Waals surface area contributed by atoms with Crippen LogP contribution in [0.25, 0.3) is 0 Å². The molecule has 7 atom stereocenters. The molecule has 0 aliphatic carbocycles. The molecule has 7 unspecified atom stereocenters. The first kappa shape index (κ1) is 63.6. The van der Waals surface area contributed by atoms with Gasteiger partial charge in [0, 0.05) is 12.8 Å². The van der Waals surface area contributed by atoms with E-state index in [1.54, 1.807) is 6.08 Å². The Balaban J connectivity index is 2.08. The SMILES string of the molecule is CCCCC/C=C/CC/C=C/C(O)C(COC1OC(CO)C(O)C(O)C1O)NC(=O)CCCCCCC/C=C\CCCCCCCCCCCOC(=O)CCCCCCC/C=C\CCCCCC. The standard InChI is InChI=1S/C57H103NO10/c1-3-5-7-9-11-13-14-21-25-29-33-37-41-45-53(62)66-46-42-38-34-30-26-23-20-18-16-15-17-19-22-24-28-32-36-40-44-52(61)58-49(50(60)43-39-35-31-27-12-10-8-6-4-2)48-67-57-56(65)55(64)54(63)51(47-59)68-57/h12-14,17,19,27,39,43,49-51,54-57,59-60,63-65H,3-11,15-16,18,20-26,28-38,40-42,44-48H2,1-2H3,(H,58,61)/b14-13-,19-17-,27-12+,43-39+. The van der Waals surface area contributed by atoms with E-state index >= 15 is 0 Å². The predicted molar refractivity (Wildman–Crippen MR) is 278 cm³/mol. The second kappa shape index (κ2) is 47.0. The number of ether oxygens (including phenoxy) is 3. The third-order valence-electron chi connectivity index (χ3n) is 12.9. The van der Waals surface area contributed by atoms with Crippen LogP contribution in [-0.4, -0.2) is 100 Å². The molecule has 1 rings (SSSR count). The van der Waals surface area contributed by atoms with Crippen LogP contribution in [0.15, 0.2) is 48.6 Å². The minimum Gasteiger partial charge on any atom is -0.466 e. The summed E-state index contributed by atoms with van der Waals surface area (Å²) in [6.45, 7) is 4.22. The lowest BCUT2D eigenvalue weighted by Crippen LogP contribution is -2.60.